The predicted octanol–water partition coefficient (Wildman–Crippen LogP) is 1.34. The molecule has 0 amide bonds. The molecule has 2 rings (SSSR count). The summed E-state index contributed by atoms with van der Waals surface area (Å²) in [7, 11) is -3.17. The quantitative estimate of drug-likeness (QED) is 0.847. The van der Waals surface area contributed by atoms with E-state index in [0.717, 1.165) is 31.0 Å². The molecule has 0 radical (unpaired) electrons. The number of anilines is 2. The van der Waals surface area contributed by atoms with Crippen molar-refractivity contribution in [2.75, 3.05) is 36.1 Å². The third kappa shape index (κ3) is 1.87. The smallest absolute Gasteiger partial charge is 0.177 e. The molecule has 1 aromatic carbocycles. The highest BCUT2D eigenvalue weighted by Crippen LogP contribution is 2.34. The molecule has 1 aliphatic heterocycles. The van der Waals surface area contributed by atoms with Gasteiger partial charge in [-0.15, -0.1) is 0 Å². The summed E-state index contributed by atoms with van der Waals surface area (Å²) in [6.45, 7) is 4.66. The van der Waals surface area contributed by atoms with Crippen molar-refractivity contribution in [3.8, 4) is 0 Å². The maximum Gasteiger partial charge on any atom is 0.177 e. The minimum Gasteiger partial charge on any atom is -0.381 e. The average Bonchev–Trinajstić information content (AvgIpc) is 2.26. The lowest BCUT2D eigenvalue weighted by Gasteiger charge is -2.32. The summed E-state index contributed by atoms with van der Waals surface area (Å²) in [5, 5.41) is 3.18. The van der Waals surface area contributed by atoms with Crippen LogP contribution in [0.1, 0.15) is 6.92 Å². The summed E-state index contributed by atoms with van der Waals surface area (Å²) >= 11 is 0. The zero-order valence-corrected chi connectivity index (χ0v) is 10.3. The van der Waals surface area contributed by atoms with Crippen molar-refractivity contribution in [2.45, 2.75) is 11.8 Å². The van der Waals surface area contributed by atoms with E-state index in [-0.39, 0.29) is 0 Å². The van der Waals surface area contributed by atoms with Crippen LogP contribution in [0, 0.1) is 0 Å². The first kappa shape index (κ1) is 11.3. The van der Waals surface area contributed by atoms with Gasteiger partial charge in [0.25, 0.3) is 0 Å². The lowest BCUT2D eigenvalue weighted by molar-refractivity contribution is 0.602. The van der Waals surface area contributed by atoms with Crippen molar-refractivity contribution in [1.29, 1.82) is 0 Å². The molecule has 0 saturated heterocycles. The normalized spacial score (nSPS) is 15.5. The van der Waals surface area contributed by atoms with Gasteiger partial charge in [0.1, 0.15) is 0 Å². The molecule has 0 saturated carbocycles. The molecule has 0 aliphatic carbocycles. The Morgan fingerprint density at radius 2 is 2.19 bits per heavy atom. The molecular weight excluding hydrogens is 224 g/mol. The Labute approximate surface area is 96.2 Å². The first-order valence-electron chi connectivity index (χ1n) is 5.36. The largest absolute Gasteiger partial charge is 0.381 e. The summed E-state index contributed by atoms with van der Waals surface area (Å²) in [6.07, 6.45) is 1.25. The number of likely N-dealkylation sites (N-methyl/N-ethyl adjacent to an activating group) is 1. The Bertz CT molecular complexity index is 497. The van der Waals surface area contributed by atoms with Crippen LogP contribution in [0.4, 0.5) is 11.4 Å². The highest BCUT2D eigenvalue weighted by Gasteiger charge is 2.21. The highest BCUT2D eigenvalue weighted by molar-refractivity contribution is 7.90. The van der Waals surface area contributed by atoms with Crippen LogP contribution < -0.4 is 10.2 Å². The van der Waals surface area contributed by atoms with Gasteiger partial charge in [0, 0.05) is 25.9 Å². The minimum atomic E-state index is -3.17. The van der Waals surface area contributed by atoms with Gasteiger partial charge in [0.15, 0.2) is 9.84 Å². The van der Waals surface area contributed by atoms with Gasteiger partial charge in [-0.25, -0.2) is 8.42 Å². The van der Waals surface area contributed by atoms with E-state index in [4.69, 9.17) is 0 Å². The summed E-state index contributed by atoms with van der Waals surface area (Å²) in [4.78, 5) is 2.57. The molecule has 0 unspecified atom stereocenters. The number of nitrogens with zero attached hydrogens (tertiary/aromatic N) is 1. The number of sulfone groups is 1. The second kappa shape index (κ2) is 3.97. The van der Waals surface area contributed by atoms with Crippen molar-refractivity contribution in [3.63, 3.8) is 0 Å². The summed E-state index contributed by atoms with van der Waals surface area (Å²) in [6, 6.07) is 5.41. The number of para-hydroxylation sites is 1. The molecule has 16 heavy (non-hydrogen) atoms. The predicted molar refractivity (Wildman–Crippen MR) is 65.9 cm³/mol. The number of rotatable bonds is 2. The van der Waals surface area contributed by atoms with E-state index in [0.29, 0.717) is 4.90 Å². The second-order valence-corrected chi connectivity index (χ2v) is 5.91. The average molecular weight is 240 g/mol. The number of benzene rings is 1. The Balaban J connectivity index is 2.60. The molecule has 1 heterocycles. The van der Waals surface area contributed by atoms with Crippen LogP contribution in [0.2, 0.25) is 0 Å². The molecule has 0 spiro atoms. The molecule has 88 valence electrons. The van der Waals surface area contributed by atoms with Gasteiger partial charge in [-0.05, 0) is 19.1 Å². The van der Waals surface area contributed by atoms with Crippen LogP contribution in [0.5, 0.6) is 0 Å². The molecule has 5 heteroatoms. The number of fused-ring (bicyclic) bond motifs is 1. The topological polar surface area (TPSA) is 49.4 Å². The fourth-order valence-corrected chi connectivity index (χ4v) is 2.91. The van der Waals surface area contributed by atoms with Crippen molar-refractivity contribution < 1.29 is 8.42 Å². The Hall–Kier alpha value is -1.23. The molecule has 4 nitrogen and oxygen atoms in total. The Morgan fingerprint density at radius 1 is 1.44 bits per heavy atom. The number of hydrogen-bond donors (Lipinski definition) is 1. The fraction of sp³-hybridized carbons (Fsp3) is 0.455. The highest BCUT2D eigenvalue weighted by atomic mass is 32.2. The van der Waals surface area contributed by atoms with E-state index in [1.807, 2.05) is 6.07 Å². The van der Waals surface area contributed by atoms with Gasteiger partial charge in [-0.1, -0.05) is 6.07 Å². The van der Waals surface area contributed by atoms with Gasteiger partial charge >= 0.3 is 0 Å². The molecule has 0 aromatic heterocycles. The zero-order valence-electron chi connectivity index (χ0n) is 9.53. The van der Waals surface area contributed by atoms with E-state index >= 15 is 0 Å². The number of nitrogens with one attached hydrogen (secondary N) is 1. The fourth-order valence-electron chi connectivity index (χ4n) is 2.03. The van der Waals surface area contributed by atoms with Crippen molar-refractivity contribution >= 4 is 21.2 Å². The van der Waals surface area contributed by atoms with Crippen LogP contribution in [-0.2, 0) is 9.84 Å². The molecular formula is C11H16N2O2S. The van der Waals surface area contributed by atoms with Crippen LogP contribution in [0.3, 0.4) is 0 Å². The standard InChI is InChI=1S/C11H16N2O2S/c1-3-13-8-7-12-11-9(13)5-4-6-10(11)16(2,14)15/h4-6,12H,3,7-8H2,1-2H3. The summed E-state index contributed by atoms with van der Waals surface area (Å²) < 4.78 is 23.3. The van der Waals surface area contributed by atoms with Crippen LogP contribution in [0.15, 0.2) is 23.1 Å². The zero-order chi connectivity index (χ0) is 11.8. The van der Waals surface area contributed by atoms with Gasteiger partial charge in [0.2, 0.25) is 0 Å². The van der Waals surface area contributed by atoms with E-state index in [1.54, 1.807) is 12.1 Å². The molecule has 0 atom stereocenters. The molecule has 0 bridgehead atoms. The Morgan fingerprint density at radius 3 is 2.81 bits per heavy atom. The molecule has 1 aliphatic rings. The van der Waals surface area contributed by atoms with Gasteiger partial charge in [-0.3, -0.25) is 0 Å². The van der Waals surface area contributed by atoms with Crippen LogP contribution in [0.25, 0.3) is 0 Å². The van der Waals surface area contributed by atoms with Crippen LogP contribution >= 0.6 is 0 Å². The maximum atomic E-state index is 11.6. The van der Waals surface area contributed by atoms with Crippen molar-refractivity contribution in [3.05, 3.63) is 18.2 Å². The first-order valence-corrected chi connectivity index (χ1v) is 7.25. The van der Waals surface area contributed by atoms with E-state index in [2.05, 4.69) is 17.1 Å². The van der Waals surface area contributed by atoms with Gasteiger partial charge in [-0.2, -0.15) is 0 Å². The maximum absolute atomic E-state index is 11.6. The van der Waals surface area contributed by atoms with Crippen LogP contribution in [-0.4, -0.2) is 34.3 Å². The lowest BCUT2D eigenvalue weighted by atomic mass is 10.2. The summed E-state index contributed by atoms with van der Waals surface area (Å²) in [5.74, 6) is 0. The summed E-state index contributed by atoms with van der Waals surface area (Å²) in [5.41, 5.74) is 1.73. The van der Waals surface area contributed by atoms with E-state index in [1.165, 1.54) is 6.26 Å². The third-order valence-electron chi connectivity index (χ3n) is 2.81. The second-order valence-electron chi connectivity index (χ2n) is 3.93. The van der Waals surface area contributed by atoms with E-state index < -0.39 is 9.84 Å². The SMILES string of the molecule is CCN1CCNc2c1cccc2S(C)(=O)=O. The first-order chi connectivity index (χ1) is 7.54. The van der Waals surface area contributed by atoms with E-state index in [9.17, 15) is 8.42 Å². The Kier molecular flexibility index (Phi) is 2.80. The molecule has 1 N–H and O–H groups in total. The van der Waals surface area contributed by atoms with Crippen molar-refractivity contribution in [1.82, 2.24) is 0 Å². The lowest BCUT2D eigenvalue weighted by Crippen LogP contribution is -2.34. The van der Waals surface area contributed by atoms with Gasteiger partial charge in [0.05, 0.1) is 16.3 Å². The monoisotopic (exact) mass is 240 g/mol. The molecule has 1 aromatic rings. The van der Waals surface area contributed by atoms with Crippen molar-refractivity contribution in [2.24, 2.45) is 0 Å². The minimum absolute atomic E-state index is 0.392. The molecule has 0 fully saturated rings. The number of hydrogen-bond acceptors (Lipinski definition) is 4. The third-order valence-corrected chi connectivity index (χ3v) is 3.95. The van der Waals surface area contributed by atoms with Gasteiger partial charge < -0.3 is 10.2 Å².